The molecule has 20 nitrogen and oxygen atoms in total. The van der Waals surface area contributed by atoms with E-state index in [9.17, 15) is 51.1 Å². The van der Waals surface area contributed by atoms with Crippen LogP contribution in [0.3, 0.4) is 0 Å². The van der Waals surface area contributed by atoms with E-state index >= 15 is 0 Å². The van der Waals surface area contributed by atoms with Crippen LogP contribution in [0.25, 0.3) is 0 Å². The summed E-state index contributed by atoms with van der Waals surface area (Å²) in [5.74, 6) is 2.62. The van der Waals surface area contributed by atoms with Gasteiger partial charge < -0.3 is 98.4 Å². The van der Waals surface area contributed by atoms with Crippen molar-refractivity contribution in [2.45, 2.75) is 247 Å². The van der Waals surface area contributed by atoms with Gasteiger partial charge in [-0.05, 0) is 113 Å². The van der Waals surface area contributed by atoms with Crippen molar-refractivity contribution < 1.29 is 98.4 Å². The predicted octanol–water partition coefficient (Wildman–Crippen LogP) is 0.0935. The molecule has 0 radical (unpaired) electrons. The summed E-state index contributed by atoms with van der Waals surface area (Å²) >= 11 is 0. The smallest absolute Gasteiger partial charge is 0.187 e. The van der Waals surface area contributed by atoms with E-state index in [1.165, 1.54) is 32.8 Å². The Morgan fingerprint density at radius 3 is 1.85 bits per heavy atom. The van der Waals surface area contributed by atoms with Gasteiger partial charge in [0.2, 0.25) is 0 Å². The summed E-state index contributed by atoms with van der Waals surface area (Å²) < 4.78 is 61.7. The van der Waals surface area contributed by atoms with Gasteiger partial charge in [-0.25, -0.2) is 0 Å². The van der Waals surface area contributed by atoms with Gasteiger partial charge in [0.1, 0.15) is 79.4 Å². The minimum atomic E-state index is -1.79. The van der Waals surface area contributed by atoms with Crippen molar-refractivity contribution in [3.63, 3.8) is 0 Å². The van der Waals surface area contributed by atoms with Crippen LogP contribution in [0.15, 0.2) is 11.6 Å². The van der Waals surface area contributed by atoms with E-state index in [4.69, 9.17) is 47.4 Å². The van der Waals surface area contributed by atoms with Crippen LogP contribution in [0.4, 0.5) is 0 Å². The minimum Gasteiger partial charge on any atom is -0.388 e. The number of ether oxygens (including phenoxy) is 10. The molecule has 1 spiro atoms. The Labute approximate surface area is 415 Å². The summed E-state index contributed by atoms with van der Waals surface area (Å²) in [4.78, 5) is 0. The van der Waals surface area contributed by atoms with Crippen molar-refractivity contribution in [1.29, 1.82) is 0 Å². The maximum atomic E-state index is 11.4. The lowest BCUT2D eigenvalue weighted by atomic mass is 9.47. The molecule has 9 fully saturated rings. The van der Waals surface area contributed by atoms with Gasteiger partial charge in [0.05, 0.1) is 43.7 Å². The number of rotatable bonds is 9. The van der Waals surface area contributed by atoms with Crippen LogP contribution >= 0.6 is 0 Å². The zero-order chi connectivity index (χ0) is 50.8. The van der Waals surface area contributed by atoms with Crippen molar-refractivity contribution in [2.24, 2.45) is 46.3 Å². The monoisotopic (exact) mass is 1010 g/mol. The summed E-state index contributed by atoms with van der Waals surface area (Å²) in [5.41, 5.74) is 1.54. The van der Waals surface area contributed by atoms with Gasteiger partial charge in [0, 0.05) is 12.3 Å². The molecule has 20 heteroatoms. The Bertz CT molecular complexity index is 1890. The molecule has 10 N–H and O–H groups in total. The second-order valence-electron chi connectivity index (χ2n) is 23.9. The van der Waals surface area contributed by atoms with Crippen LogP contribution in [0.1, 0.15) is 106 Å². The van der Waals surface area contributed by atoms with Crippen molar-refractivity contribution in [2.75, 3.05) is 13.2 Å². The highest BCUT2D eigenvalue weighted by Crippen LogP contribution is 2.70. The predicted molar refractivity (Wildman–Crippen MR) is 244 cm³/mol. The molecule has 31 unspecified atom stereocenters. The minimum absolute atomic E-state index is 0.00951. The largest absolute Gasteiger partial charge is 0.388 e. The lowest BCUT2D eigenvalue weighted by Crippen LogP contribution is -2.66. The second kappa shape index (κ2) is 20.1. The first-order valence-electron chi connectivity index (χ1n) is 26.6. The van der Waals surface area contributed by atoms with E-state index in [-0.39, 0.29) is 23.0 Å². The van der Waals surface area contributed by atoms with Crippen molar-refractivity contribution >= 4 is 0 Å². The Kier molecular flexibility index (Phi) is 15.1. The molecule has 406 valence electrons. The summed E-state index contributed by atoms with van der Waals surface area (Å²) in [6.07, 6.45) is -19.0. The highest BCUT2D eigenvalue weighted by atomic mass is 16.8. The summed E-state index contributed by atoms with van der Waals surface area (Å²) in [7, 11) is 0. The average molecular weight is 1020 g/mol. The fourth-order valence-corrected chi connectivity index (χ4v) is 15.3. The number of hydrogen-bond acceptors (Lipinski definition) is 20. The summed E-state index contributed by atoms with van der Waals surface area (Å²) in [6, 6.07) is 0. The molecule has 4 aliphatic carbocycles. The van der Waals surface area contributed by atoms with Gasteiger partial charge in [-0.3, -0.25) is 0 Å². The number of hydrogen-bond donors (Lipinski definition) is 10. The van der Waals surface area contributed by atoms with Crippen molar-refractivity contribution in [1.82, 2.24) is 0 Å². The standard InChI is InChI=1S/C51H82O20/c1-20-10-15-51(63-18-20)21(2)32-30(71-51)17-29-27-9-8-25-16-26(11-13-49(25,6)28(27)12-14-50(29,32)7)67-46-42(61)38(57)36(55)31(68-46)19-62-47-43(39(58)34(53)23(4)65-47)70-48-44(40(59)35(54)24(5)66-48)69-45-41(60)37(56)33(52)22(3)64-45/h8,20-24,26-48,52-61H,9-19H2,1-7H3. The van der Waals surface area contributed by atoms with E-state index < -0.39 is 135 Å². The molecule has 6 heterocycles. The molecule has 0 amide bonds. The lowest BCUT2D eigenvalue weighted by Gasteiger charge is -2.58. The zero-order valence-corrected chi connectivity index (χ0v) is 42.1. The molecule has 0 bridgehead atoms. The van der Waals surface area contributed by atoms with Crippen LogP contribution in [0.5, 0.6) is 0 Å². The fraction of sp³-hybridized carbons (Fsp3) is 0.961. The van der Waals surface area contributed by atoms with Gasteiger partial charge in [-0.2, -0.15) is 0 Å². The van der Waals surface area contributed by atoms with Crippen molar-refractivity contribution in [3.8, 4) is 0 Å². The van der Waals surface area contributed by atoms with E-state index in [1.54, 1.807) is 0 Å². The molecule has 71 heavy (non-hydrogen) atoms. The second-order valence-corrected chi connectivity index (χ2v) is 23.9. The maximum Gasteiger partial charge on any atom is 0.187 e. The molecule has 0 aromatic rings. The third-order valence-electron chi connectivity index (χ3n) is 19.7. The molecular formula is C51H82O20. The normalized spacial score (nSPS) is 58.4. The van der Waals surface area contributed by atoms with Crippen LogP contribution in [0, 0.1) is 46.3 Å². The molecule has 10 aliphatic rings. The molecule has 31 atom stereocenters. The van der Waals surface area contributed by atoms with Gasteiger partial charge in [0.25, 0.3) is 0 Å². The Morgan fingerprint density at radius 1 is 0.592 bits per heavy atom. The van der Waals surface area contributed by atoms with E-state index in [0.717, 1.165) is 45.1 Å². The van der Waals surface area contributed by atoms with Gasteiger partial charge in [-0.15, -0.1) is 0 Å². The molecule has 10 rings (SSSR count). The van der Waals surface area contributed by atoms with Crippen molar-refractivity contribution in [3.05, 3.63) is 11.6 Å². The van der Waals surface area contributed by atoms with E-state index in [0.29, 0.717) is 48.3 Å². The third-order valence-corrected chi connectivity index (χ3v) is 19.7. The number of fused-ring (bicyclic) bond motifs is 7. The average Bonchev–Trinajstić information content (AvgIpc) is 3.79. The molecule has 6 aliphatic heterocycles. The number of aliphatic hydroxyl groups excluding tert-OH is 10. The van der Waals surface area contributed by atoms with Crippen LogP contribution in [-0.4, -0.2) is 205 Å². The summed E-state index contributed by atoms with van der Waals surface area (Å²) in [5, 5.41) is 109. The quantitative estimate of drug-likeness (QED) is 0.137. The SMILES string of the molecule is CC1CCC2(OC1)OC1CC3C4CC=C5CC(OC6OC(COC7OC(C)C(O)C(O)C7OC7OC(C)C(O)C(O)C7OC7OC(C)C(O)C(O)C7O)C(O)C(O)C6O)CCC5(C)C4CCC3(C)C1C2C. The number of allylic oxidation sites excluding steroid dienone is 1. The molecule has 3 saturated carbocycles. The molecule has 0 aromatic heterocycles. The first-order valence-corrected chi connectivity index (χ1v) is 26.6. The first kappa shape index (κ1) is 53.3. The van der Waals surface area contributed by atoms with Crippen LogP contribution in [-0.2, 0) is 47.4 Å². The Morgan fingerprint density at radius 2 is 1.18 bits per heavy atom. The maximum absolute atomic E-state index is 11.4. The van der Waals surface area contributed by atoms with E-state index in [2.05, 4.69) is 33.8 Å². The fourth-order valence-electron chi connectivity index (χ4n) is 15.3. The van der Waals surface area contributed by atoms with Gasteiger partial charge in [-0.1, -0.05) is 39.3 Å². The third kappa shape index (κ3) is 9.13. The molecule has 6 saturated heterocycles. The number of aliphatic hydroxyl groups is 10. The summed E-state index contributed by atoms with van der Waals surface area (Å²) in [6.45, 7) is 14.3. The highest BCUT2D eigenvalue weighted by molar-refractivity contribution is 5.26. The topological polar surface area (TPSA) is 295 Å². The highest BCUT2D eigenvalue weighted by Gasteiger charge is 2.69. The lowest BCUT2D eigenvalue weighted by molar-refractivity contribution is -0.391. The van der Waals surface area contributed by atoms with Gasteiger partial charge in [0.15, 0.2) is 30.9 Å². The molecular weight excluding hydrogens is 933 g/mol. The van der Waals surface area contributed by atoms with E-state index in [1.807, 2.05) is 0 Å². The zero-order valence-electron chi connectivity index (χ0n) is 42.1. The Hall–Kier alpha value is -1.06. The molecule has 0 aromatic carbocycles. The van der Waals surface area contributed by atoms with Crippen LogP contribution < -0.4 is 0 Å². The van der Waals surface area contributed by atoms with Gasteiger partial charge >= 0.3 is 0 Å². The van der Waals surface area contributed by atoms with Crippen LogP contribution in [0.2, 0.25) is 0 Å². The first-order chi connectivity index (χ1) is 33.6. The Balaban J connectivity index is 0.785.